The summed E-state index contributed by atoms with van der Waals surface area (Å²) in [5.41, 5.74) is 3.27. The number of hydrogen-bond acceptors (Lipinski definition) is 3. The molecule has 1 fully saturated rings. The van der Waals surface area contributed by atoms with Gasteiger partial charge in [0.05, 0.1) is 8.95 Å². The van der Waals surface area contributed by atoms with E-state index in [0.29, 0.717) is 21.8 Å². The number of phenolic OH excluding ortho intramolecular Hbond substituents is 2. The van der Waals surface area contributed by atoms with Gasteiger partial charge in [0.2, 0.25) is 0 Å². The quantitative estimate of drug-likeness (QED) is 0.599. The fourth-order valence-electron chi connectivity index (χ4n) is 2.61. The minimum absolute atomic E-state index is 0.0448. The monoisotopic (exact) mass is 448 g/mol. The summed E-state index contributed by atoms with van der Waals surface area (Å²) in [5.74, 6) is 0.394. The van der Waals surface area contributed by atoms with Crippen LogP contribution in [0.15, 0.2) is 56.5 Å². The zero-order valence-corrected chi connectivity index (χ0v) is 15.8. The van der Waals surface area contributed by atoms with Gasteiger partial charge in [0.25, 0.3) is 0 Å². The summed E-state index contributed by atoms with van der Waals surface area (Å²) in [7, 11) is 0. The van der Waals surface area contributed by atoms with E-state index in [0.717, 1.165) is 22.3 Å². The number of allylic oxidation sites excluding steroid dienone is 2. The van der Waals surface area contributed by atoms with Gasteiger partial charge in [-0.25, -0.2) is 0 Å². The van der Waals surface area contributed by atoms with Gasteiger partial charge in [0.15, 0.2) is 5.78 Å². The van der Waals surface area contributed by atoms with Crippen LogP contribution in [0.25, 0.3) is 12.2 Å². The molecule has 1 aliphatic carbocycles. The number of Topliss-reactive ketones (excluding diaryl/α,β-unsaturated/α-hetero) is 1. The number of ketones is 1. The second kappa shape index (κ2) is 6.95. The van der Waals surface area contributed by atoms with Gasteiger partial charge in [-0.05, 0) is 92.2 Å². The molecule has 0 unspecified atom stereocenters. The van der Waals surface area contributed by atoms with Crippen molar-refractivity contribution in [2.45, 2.75) is 12.8 Å². The van der Waals surface area contributed by atoms with Gasteiger partial charge in [0.1, 0.15) is 11.5 Å². The molecule has 5 heteroatoms. The van der Waals surface area contributed by atoms with Gasteiger partial charge < -0.3 is 10.2 Å². The van der Waals surface area contributed by atoms with E-state index in [1.54, 1.807) is 36.4 Å². The van der Waals surface area contributed by atoms with Crippen molar-refractivity contribution in [2.24, 2.45) is 0 Å². The van der Waals surface area contributed by atoms with Gasteiger partial charge in [-0.15, -0.1) is 0 Å². The van der Waals surface area contributed by atoms with Crippen molar-refractivity contribution in [3.8, 4) is 11.5 Å². The molecule has 3 rings (SSSR count). The van der Waals surface area contributed by atoms with Crippen molar-refractivity contribution in [3.63, 3.8) is 0 Å². The van der Waals surface area contributed by atoms with Gasteiger partial charge >= 0.3 is 0 Å². The second-order valence-corrected chi connectivity index (χ2v) is 7.30. The molecule has 2 aromatic rings. The number of halogens is 2. The first-order valence-electron chi connectivity index (χ1n) is 7.37. The molecule has 2 aromatic carbocycles. The van der Waals surface area contributed by atoms with Gasteiger partial charge in [-0.3, -0.25) is 4.79 Å². The Morgan fingerprint density at radius 1 is 0.792 bits per heavy atom. The Labute approximate surface area is 156 Å². The first kappa shape index (κ1) is 17.0. The van der Waals surface area contributed by atoms with Crippen LogP contribution in [0.2, 0.25) is 0 Å². The second-order valence-electron chi connectivity index (χ2n) is 5.59. The number of carbonyl (C=O) groups is 1. The van der Waals surface area contributed by atoms with Crippen LogP contribution in [0.3, 0.4) is 0 Å². The highest BCUT2D eigenvalue weighted by Gasteiger charge is 2.23. The molecule has 1 saturated carbocycles. The maximum absolute atomic E-state index is 12.6. The fraction of sp³-hybridized carbons (Fsp3) is 0.105. The summed E-state index contributed by atoms with van der Waals surface area (Å²) < 4.78 is 1.21. The van der Waals surface area contributed by atoms with Gasteiger partial charge in [0, 0.05) is 11.1 Å². The summed E-state index contributed by atoms with van der Waals surface area (Å²) in [6.07, 6.45) is 5.12. The lowest BCUT2D eigenvalue weighted by Gasteiger charge is -2.01. The van der Waals surface area contributed by atoms with Crippen molar-refractivity contribution in [1.82, 2.24) is 0 Å². The molecule has 0 radical (unpaired) electrons. The largest absolute Gasteiger partial charge is 0.507 e. The lowest BCUT2D eigenvalue weighted by atomic mass is 10.1. The number of carbonyl (C=O) groups excluding carboxylic acids is 1. The molecule has 1 aliphatic rings. The molecule has 0 saturated heterocycles. The van der Waals surface area contributed by atoms with Crippen LogP contribution in [0.5, 0.6) is 11.5 Å². The number of benzene rings is 2. The molecule has 0 bridgehead atoms. The van der Waals surface area contributed by atoms with Gasteiger partial charge in [-0.2, -0.15) is 0 Å². The summed E-state index contributed by atoms with van der Waals surface area (Å²) in [4.78, 5) is 12.6. The highest BCUT2D eigenvalue weighted by atomic mass is 79.9. The highest BCUT2D eigenvalue weighted by molar-refractivity contribution is 9.10. The van der Waals surface area contributed by atoms with Crippen LogP contribution in [-0.2, 0) is 4.79 Å². The Bertz CT molecular complexity index is 811. The molecule has 0 spiro atoms. The Balaban J connectivity index is 1.86. The summed E-state index contributed by atoms with van der Waals surface area (Å²) in [6, 6.07) is 10.3. The predicted octanol–water partition coefficient (Wildman–Crippen LogP) is 5.45. The minimum atomic E-state index is 0.0448. The Morgan fingerprint density at radius 3 is 1.58 bits per heavy atom. The third kappa shape index (κ3) is 3.62. The average Bonchev–Trinajstić information content (AvgIpc) is 2.88. The number of hydrogen-bond donors (Lipinski definition) is 2. The molecule has 0 amide bonds. The Kier molecular flexibility index (Phi) is 4.92. The fourth-order valence-corrected chi connectivity index (χ4v) is 3.40. The lowest BCUT2D eigenvalue weighted by Crippen LogP contribution is -1.95. The zero-order valence-electron chi connectivity index (χ0n) is 12.6. The molecule has 2 N–H and O–H groups in total. The van der Waals surface area contributed by atoms with E-state index in [9.17, 15) is 15.0 Å². The predicted molar refractivity (Wildman–Crippen MR) is 102 cm³/mol. The van der Waals surface area contributed by atoms with E-state index in [2.05, 4.69) is 31.9 Å². The molecule has 0 heterocycles. The van der Waals surface area contributed by atoms with Crippen LogP contribution < -0.4 is 0 Å². The first-order valence-corrected chi connectivity index (χ1v) is 8.95. The highest BCUT2D eigenvalue weighted by Crippen LogP contribution is 2.32. The van der Waals surface area contributed by atoms with Crippen molar-refractivity contribution < 1.29 is 15.0 Å². The third-order valence-electron chi connectivity index (χ3n) is 3.87. The van der Waals surface area contributed by atoms with Crippen LogP contribution in [0.1, 0.15) is 24.0 Å². The van der Waals surface area contributed by atoms with Crippen LogP contribution in [0, 0.1) is 0 Å². The standard InChI is InChI=1S/C19H14Br2O3/c20-15-9-11(1-5-17(15)22)7-13-3-4-14(19(13)24)8-12-2-6-18(23)16(21)10-12/h1-2,5-10,22-23H,3-4H2. The number of phenols is 2. The van der Waals surface area contributed by atoms with Crippen molar-refractivity contribution >= 4 is 49.8 Å². The van der Waals surface area contributed by atoms with Crippen molar-refractivity contribution in [1.29, 1.82) is 0 Å². The number of rotatable bonds is 2. The first-order chi connectivity index (χ1) is 11.4. The third-order valence-corrected chi connectivity index (χ3v) is 5.14. The van der Waals surface area contributed by atoms with E-state index in [-0.39, 0.29) is 17.3 Å². The molecule has 0 aliphatic heterocycles. The molecule has 24 heavy (non-hydrogen) atoms. The van der Waals surface area contributed by atoms with Crippen molar-refractivity contribution in [2.75, 3.05) is 0 Å². The molecular formula is C19H14Br2O3. The van der Waals surface area contributed by atoms with Gasteiger partial charge in [-0.1, -0.05) is 12.1 Å². The van der Waals surface area contributed by atoms with E-state index in [1.807, 2.05) is 12.2 Å². The van der Waals surface area contributed by atoms with Crippen LogP contribution in [0.4, 0.5) is 0 Å². The minimum Gasteiger partial charge on any atom is -0.507 e. The normalized spacial score (nSPS) is 17.8. The summed E-state index contributed by atoms with van der Waals surface area (Å²) >= 11 is 6.56. The lowest BCUT2D eigenvalue weighted by molar-refractivity contribution is -0.111. The molecule has 0 atom stereocenters. The van der Waals surface area contributed by atoms with E-state index in [4.69, 9.17) is 0 Å². The Morgan fingerprint density at radius 2 is 1.21 bits per heavy atom. The van der Waals surface area contributed by atoms with E-state index in [1.165, 1.54) is 0 Å². The van der Waals surface area contributed by atoms with Crippen LogP contribution >= 0.6 is 31.9 Å². The molecule has 3 nitrogen and oxygen atoms in total. The zero-order chi connectivity index (χ0) is 17.3. The van der Waals surface area contributed by atoms with E-state index >= 15 is 0 Å². The smallest absolute Gasteiger partial charge is 0.185 e. The topological polar surface area (TPSA) is 57.5 Å². The van der Waals surface area contributed by atoms with Crippen LogP contribution in [-0.4, -0.2) is 16.0 Å². The van der Waals surface area contributed by atoms with Crippen molar-refractivity contribution in [3.05, 3.63) is 67.6 Å². The average molecular weight is 450 g/mol. The molecular weight excluding hydrogens is 436 g/mol. The summed E-state index contributed by atoms with van der Waals surface area (Å²) in [5, 5.41) is 19.1. The molecule has 122 valence electrons. The SMILES string of the molecule is O=C1C(=Cc2ccc(O)c(Br)c2)CCC1=Cc1ccc(O)c(Br)c1. The maximum atomic E-state index is 12.6. The molecule has 0 aromatic heterocycles. The summed E-state index contributed by atoms with van der Waals surface area (Å²) in [6.45, 7) is 0. The number of aromatic hydroxyl groups is 2. The maximum Gasteiger partial charge on any atom is 0.185 e. The van der Waals surface area contributed by atoms with E-state index < -0.39 is 0 Å². The Hall–Kier alpha value is -1.85.